The minimum atomic E-state index is -0.492. The van der Waals surface area contributed by atoms with Crippen LogP contribution in [0.4, 0.5) is 0 Å². The lowest BCUT2D eigenvalue weighted by Crippen LogP contribution is -2.55. The second kappa shape index (κ2) is 8.08. The monoisotopic (exact) mass is 376 g/mol. The van der Waals surface area contributed by atoms with Gasteiger partial charge in [-0.25, -0.2) is 0 Å². The molecule has 0 aromatic rings. The Hall–Kier alpha value is -1.14. The third-order valence-corrected chi connectivity index (χ3v) is 7.30. The van der Waals surface area contributed by atoms with E-state index in [0.717, 1.165) is 70.7 Å². The van der Waals surface area contributed by atoms with Gasteiger partial charge < -0.3 is 16.0 Å². The summed E-state index contributed by atoms with van der Waals surface area (Å²) in [5, 5.41) is 3.00. The Morgan fingerprint density at radius 2 is 1.41 bits per heavy atom. The molecule has 2 atom stereocenters. The summed E-state index contributed by atoms with van der Waals surface area (Å²) in [5.41, 5.74) is 5.58. The van der Waals surface area contributed by atoms with Gasteiger partial charge >= 0.3 is 0 Å². The Kier molecular flexibility index (Phi) is 5.74. The molecule has 1 saturated heterocycles. The van der Waals surface area contributed by atoms with E-state index in [1.807, 2.05) is 4.90 Å². The molecule has 2 amide bonds. The zero-order valence-corrected chi connectivity index (χ0v) is 16.6. The van der Waals surface area contributed by atoms with Crippen LogP contribution in [0.3, 0.4) is 0 Å². The highest BCUT2D eigenvalue weighted by molar-refractivity contribution is 5.88. The smallest absolute Gasteiger partial charge is 0.226 e. The largest absolute Gasteiger partial charge is 0.340 e. The fourth-order valence-corrected chi connectivity index (χ4v) is 5.33. The van der Waals surface area contributed by atoms with Crippen LogP contribution in [0, 0.1) is 11.8 Å². The van der Waals surface area contributed by atoms with E-state index in [1.165, 1.54) is 32.1 Å². The number of carbonyl (C=O) groups is 2. The van der Waals surface area contributed by atoms with Gasteiger partial charge in [0.2, 0.25) is 11.8 Å². The van der Waals surface area contributed by atoms with Crippen LogP contribution in [0.25, 0.3) is 0 Å². The second-order valence-electron chi connectivity index (χ2n) is 9.30. The highest BCUT2D eigenvalue weighted by Gasteiger charge is 2.44. The third kappa shape index (κ3) is 4.48. The molecular weight excluding hydrogens is 340 g/mol. The molecule has 27 heavy (non-hydrogen) atoms. The average molecular weight is 377 g/mol. The highest BCUT2D eigenvalue weighted by Crippen LogP contribution is 2.35. The van der Waals surface area contributed by atoms with E-state index >= 15 is 0 Å². The molecule has 4 fully saturated rings. The van der Waals surface area contributed by atoms with E-state index in [9.17, 15) is 9.59 Å². The fourth-order valence-electron chi connectivity index (χ4n) is 5.33. The van der Waals surface area contributed by atoms with Crippen molar-refractivity contribution >= 4 is 11.8 Å². The Labute approximate surface area is 163 Å². The Balaban J connectivity index is 1.32. The van der Waals surface area contributed by atoms with Crippen LogP contribution < -0.4 is 11.1 Å². The lowest BCUT2D eigenvalue weighted by atomic mass is 9.77. The van der Waals surface area contributed by atoms with E-state index in [4.69, 9.17) is 5.73 Å². The van der Waals surface area contributed by atoms with Crippen molar-refractivity contribution in [3.63, 3.8) is 0 Å². The van der Waals surface area contributed by atoms with E-state index in [2.05, 4.69) is 10.2 Å². The molecule has 0 spiro atoms. The summed E-state index contributed by atoms with van der Waals surface area (Å²) in [6.45, 7) is 3.62. The van der Waals surface area contributed by atoms with Gasteiger partial charge in [-0.2, -0.15) is 0 Å². The van der Waals surface area contributed by atoms with Crippen LogP contribution in [0.2, 0.25) is 0 Å². The number of nitrogens with zero attached hydrogens (tertiary/aromatic N) is 2. The Morgan fingerprint density at radius 1 is 0.815 bits per heavy atom. The van der Waals surface area contributed by atoms with Gasteiger partial charge in [0.15, 0.2) is 0 Å². The Morgan fingerprint density at radius 3 is 2.04 bits per heavy atom. The molecule has 0 radical (unpaired) electrons. The first-order valence-electron chi connectivity index (χ1n) is 11.2. The van der Waals surface area contributed by atoms with E-state index in [0.29, 0.717) is 0 Å². The molecule has 6 heteroatoms. The molecule has 0 aromatic heterocycles. The zero-order chi connectivity index (χ0) is 18.9. The first-order valence-corrected chi connectivity index (χ1v) is 11.2. The van der Waals surface area contributed by atoms with Gasteiger partial charge in [-0.05, 0) is 38.5 Å². The number of hydrogen-bond acceptors (Lipinski definition) is 4. The van der Waals surface area contributed by atoms with E-state index in [1.54, 1.807) is 0 Å². The van der Waals surface area contributed by atoms with Crippen LogP contribution in [0.5, 0.6) is 0 Å². The predicted molar refractivity (Wildman–Crippen MR) is 105 cm³/mol. The summed E-state index contributed by atoms with van der Waals surface area (Å²) in [7, 11) is 0. The molecule has 0 aromatic carbocycles. The fraction of sp³-hybridized carbons (Fsp3) is 0.905. The maximum Gasteiger partial charge on any atom is 0.226 e. The van der Waals surface area contributed by atoms with Gasteiger partial charge in [-0.1, -0.05) is 32.1 Å². The summed E-state index contributed by atoms with van der Waals surface area (Å²) in [4.78, 5) is 30.6. The topological polar surface area (TPSA) is 78.7 Å². The molecule has 6 nitrogen and oxygen atoms in total. The standard InChI is InChI=1S/C21H36N4O2/c22-21(10-11-21)23-19(26)17-8-4-5-9-18(17)20(27)25-14-12-24(13-15-25)16-6-2-1-3-7-16/h16-18H,1-15,22H2,(H,23,26)/t17-,18-/m1/s1. The van der Waals surface area contributed by atoms with Crippen molar-refractivity contribution in [1.29, 1.82) is 0 Å². The van der Waals surface area contributed by atoms with Crippen molar-refractivity contribution in [3.8, 4) is 0 Å². The van der Waals surface area contributed by atoms with Gasteiger partial charge in [-0.15, -0.1) is 0 Å². The van der Waals surface area contributed by atoms with Crippen molar-refractivity contribution in [2.75, 3.05) is 26.2 Å². The maximum absolute atomic E-state index is 13.2. The summed E-state index contributed by atoms with van der Waals surface area (Å²) in [5.74, 6) is -0.125. The average Bonchev–Trinajstić information content (AvgIpc) is 3.44. The summed E-state index contributed by atoms with van der Waals surface area (Å²) in [6, 6.07) is 0.725. The molecule has 3 N–H and O–H groups in total. The third-order valence-electron chi connectivity index (χ3n) is 7.30. The molecule has 3 aliphatic carbocycles. The van der Waals surface area contributed by atoms with Crippen LogP contribution in [-0.2, 0) is 9.59 Å². The molecule has 0 unspecified atom stereocenters. The molecule has 1 heterocycles. The molecule has 4 aliphatic rings. The van der Waals surface area contributed by atoms with E-state index < -0.39 is 5.66 Å². The number of hydrogen-bond donors (Lipinski definition) is 2. The molecular formula is C21H36N4O2. The summed E-state index contributed by atoms with van der Waals surface area (Å²) in [6.07, 6.45) is 12.2. The molecule has 3 saturated carbocycles. The van der Waals surface area contributed by atoms with Crippen molar-refractivity contribution in [3.05, 3.63) is 0 Å². The summed E-state index contributed by atoms with van der Waals surface area (Å²) < 4.78 is 0. The normalized spacial score (nSPS) is 32.1. The first kappa shape index (κ1) is 19.2. The van der Waals surface area contributed by atoms with E-state index in [-0.39, 0.29) is 23.7 Å². The van der Waals surface area contributed by atoms with Gasteiger partial charge in [-0.3, -0.25) is 14.5 Å². The zero-order valence-electron chi connectivity index (χ0n) is 16.6. The van der Waals surface area contributed by atoms with Gasteiger partial charge in [0.05, 0.1) is 5.66 Å². The van der Waals surface area contributed by atoms with Crippen molar-refractivity contribution < 1.29 is 9.59 Å². The Bertz CT molecular complexity index is 548. The highest BCUT2D eigenvalue weighted by atomic mass is 16.2. The predicted octanol–water partition coefficient (Wildman–Crippen LogP) is 1.83. The van der Waals surface area contributed by atoms with Crippen molar-refractivity contribution in [2.45, 2.75) is 82.3 Å². The quantitative estimate of drug-likeness (QED) is 0.734. The molecule has 1 aliphatic heterocycles. The number of amides is 2. The molecule has 0 bridgehead atoms. The van der Waals surface area contributed by atoms with Crippen LogP contribution in [0.1, 0.15) is 70.6 Å². The van der Waals surface area contributed by atoms with Gasteiger partial charge in [0, 0.05) is 44.1 Å². The number of nitrogens with two attached hydrogens (primary N) is 1. The lowest BCUT2D eigenvalue weighted by molar-refractivity contribution is -0.145. The maximum atomic E-state index is 13.2. The number of rotatable bonds is 4. The first-order chi connectivity index (χ1) is 13.1. The van der Waals surface area contributed by atoms with Crippen LogP contribution in [-0.4, -0.2) is 59.5 Å². The minimum Gasteiger partial charge on any atom is -0.340 e. The molecule has 152 valence electrons. The van der Waals surface area contributed by atoms with Crippen molar-refractivity contribution in [2.24, 2.45) is 17.6 Å². The number of carbonyl (C=O) groups excluding carboxylic acids is 2. The number of nitrogens with one attached hydrogen (secondary N) is 1. The summed E-state index contributed by atoms with van der Waals surface area (Å²) >= 11 is 0. The lowest BCUT2D eigenvalue weighted by Gasteiger charge is -2.42. The van der Waals surface area contributed by atoms with Crippen LogP contribution in [0.15, 0.2) is 0 Å². The molecule has 4 rings (SSSR count). The van der Waals surface area contributed by atoms with Crippen molar-refractivity contribution in [1.82, 2.24) is 15.1 Å². The second-order valence-corrected chi connectivity index (χ2v) is 9.30. The minimum absolute atomic E-state index is 0.00823. The number of piperazine rings is 1. The SMILES string of the molecule is NC1(NC(=O)[C@@H]2CCCC[C@H]2C(=O)N2CCN(C3CCCCC3)CC2)CC1. The van der Waals surface area contributed by atoms with Gasteiger partial charge in [0.25, 0.3) is 0 Å². The van der Waals surface area contributed by atoms with Gasteiger partial charge in [0.1, 0.15) is 0 Å². The van der Waals surface area contributed by atoms with Crippen LogP contribution >= 0.6 is 0 Å².